The van der Waals surface area contributed by atoms with Crippen molar-refractivity contribution in [1.29, 1.82) is 0 Å². The van der Waals surface area contributed by atoms with Crippen LogP contribution in [0.1, 0.15) is 33.4 Å². The van der Waals surface area contributed by atoms with Gasteiger partial charge in [-0.3, -0.25) is 9.89 Å². The van der Waals surface area contributed by atoms with Gasteiger partial charge in [0.15, 0.2) is 0 Å². The van der Waals surface area contributed by atoms with E-state index >= 15 is 0 Å². The van der Waals surface area contributed by atoms with Crippen LogP contribution in [0.25, 0.3) is 0 Å². The van der Waals surface area contributed by atoms with Crippen molar-refractivity contribution in [3.8, 4) is 5.75 Å². The van der Waals surface area contributed by atoms with Crippen molar-refractivity contribution in [2.24, 2.45) is 0 Å². The van der Waals surface area contributed by atoms with Gasteiger partial charge >= 0.3 is 0 Å². The smallest absolute Gasteiger partial charge is 0.258 e. The molecule has 1 aromatic heterocycles. The number of aromatic nitrogens is 2. The highest BCUT2D eigenvalue weighted by atomic mass is 16.5. The normalized spacial score (nSPS) is 18.0. The first-order valence-corrected chi connectivity index (χ1v) is 7.66. The van der Waals surface area contributed by atoms with Crippen molar-refractivity contribution < 1.29 is 14.3 Å². The third-order valence-corrected chi connectivity index (χ3v) is 4.25. The summed E-state index contributed by atoms with van der Waals surface area (Å²) in [5.41, 5.74) is 3.47. The van der Waals surface area contributed by atoms with Gasteiger partial charge in [0.2, 0.25) is 0 Å². The molecule has 122 valence electrons. The summed E-state index contributed by atoms with van der Waals surface area (Å²) < 4.78 is 11.0. The van der Waals surface area contributed by atoms with E-state index in [1.54, 1.807) is 19.2 Å². The van der Waals surface area contributed by atoms with E-state index in [1.165, 1.54) is 0 Å². The van der Waals surface area contributed by atoms with Gasteiger partial charge in [-0.1, -0.05) is 12.1 Å². The van der Waals surface area contributed by atoms with E-state index in [4.69, 9.17) is 9.47 Å². The number of rotatable bonds is 3. The molecule has 1 aliphatic heterocycles. The first kappa shape index (κ1) is 15.6. The summed E-state index contributed by atoms with van der Waals surface area (Å²) in [5, 5.41) is 7.24. The van der Waals surface area contributed by atoms with Gasteiger partial charge in [0, 0.05) is 17.8 Å². The first-order chi connectivity index (χ1) is 11.1. The van der Waals surface area contributed by atoms with Crippen LogP contribution in [0.2, 0.25) is 0 Å². The van der Waals surface area contributed by atoms with Crippen LogP contribution in [0.15, 0.2) is 24.3 Å². The van der Waals surface area contributed by atoms with Crippen LogP contribution in [0, 0.1) is 13.8 Å². The van der Waals surface area contributed by atoms with Gasteiger partial charge in [0.05, 0.1) is 37.6 Å². The Morgan fingerprint density at radius 1 is 1.39 bits per heavy atom. The second-order valence-electron chi connectivity index (χ2n) is 5.64. The molecule has 1 fully saturated rings. The number of nitrogens with one attached hydrogen (secondary N) is 1. The maximum absolute atomic E-state index is 13.1. The molecule has 1 amide bonds. The van der Waals surface area contributed by atoms with Gasteiger partial charge in [-0.15, -0.1) is 0 Å². The first-order valence-electron chi connectivity index (χ1n) is 7.66. The number of morpholine rings is 1. The fourth-order valence-electron chi connectivity index (χ4n) is 3.11. The molecule has 1 atom stereocenters. The van der Waals surface area contributed by atoms with E-state index < -0.39 is 0 Å². The molecule has 6 heteroatoms. The Bertz CT molecular complexity index is 691. The van der Waals surface area contributed by atoms with Crippen LogP contribution in [-0.2, 0) is 4.74 Å². The molecule has 1 aliphatic rings. The third-order valence-electron chi connectivity index (χ3n) is 4.25. The Hall–Kier alpha value is -2.34. The second-order valence-corrected chi connectivity index (χ2v) is 5.64. The minimum atomic E-state index is -0.139. The summed E-state index contributed by atoms with van der Waals surface area (Å²) in [5.74, 6) is 0.541. The van der Waals surface area contributed by atoms with E-state index in [1.807, 2.05) is 30.9 Å². The number of ether oxygens (including phenoxy) is 2. The number of para-hydroxylation sites is 1. The van der Waals surface area contributed by atoms with E-state index in [0.717, 1.165) is 17.0 Å². The van der Waals surface area contributed by atoms with E-state index in [2.05, 4.69) is 10.2 Å². The third kappa shape index (κ3) is 2.82. The highest BCUT2D eigenvalue weighted by molar-refractivity contribution is 5.97. The molecule has 2 aromatic rings. The quantitative estimate of drug-likeness (QED) is 0.943. The number of aryl methyl sites for hydroxylation is 2. The molecule has 3 rings (SSSR count). The van der Waals surface area contributed by atoms with Crippen molar-refractivity contribution in [2.45, 2.75) is 19.9 Å². The fourth-order valence-corrected chi connectivity index (χ4v) is 3.11. The summed E-state index contributed by atoms with van der Waals surface area (Å²) in [4.78, 5) is 14.9. The monoisotopic (exact) mass is 315 g/mol. The van der Waals surface area contributed by atoms with Gasteiger partial charge in [-0.05, 0) is 26.0 Å². The average molecular weight is 315 g/mol. The van der Waals surface area contributed by atoms with Gasteiger partial charge in [0.1, 0.15) is 5.75 Å². The molecule has 0 unspecified atom stereocenters. The van der Waals surface area contributed by atoms with Gasteiger partial charge < -0.3 is 14.4 Å². The zero-order valence-corrected chi connectivity index (χ0v) is 13.6. The molecule has 1 aromatic carbocycles. The lowest BCUT2D eigenvalue weighted by atomic mass is 10.0. The predicted octanol–water partition coefficient (Wildman–Crippen LogP) is 2.25. The average Bonchev–Trinajstić information content (AvgIpc) is 2.92. The number of aromatic amines is 1. The topological polar surface area (TPSA) is 67.4 Å². The highest BCUT2D eigenvalue weighted by Crippen LogP contribution is 2.31. The maximum atomic E-state index is 13.1. The number of carbonyl (C=O) groups excluding carboxylic acids is 1. The summed E-state index contributed by atoms with van der Waals surface area (Å²) >= 11 is 0. The minimum absolute atomic E-state index is 0.0456. The lowest BCUT2D eigenvalue weighted by molar-refractivity contribution is -0.00316. The summed E-state index contributed by atoms with van der Waals surface area (Å²) in [6, 6.07) is 7.16. The zero-order valence-electron chi connectivity index (χ0n) is 13.6. The predicted molar refractivity (Wildman–Crippen MR) is 85.7 cm³/mol. The van der Waals surface area contributed by atoms with Gasteiger partial charge in [-0.25, -0.2) is 0 Å². The standard InChI is InChI=1S/C17H21N3O3/c1-11-16(12(2)19-18-11)14-10-23-9-8-20(14)17(21)13-6-4-5-7-15(13)22-3/h4-7,14H,8-10H2,1-3H3,(H,18,19)/t14-/m0/s1. The lowest BCUT2D eigenvalue weighted by Gasteiger charge is -2.36. The van der Waals surface area contributed by atoms with Gasteiger partial charge in [-0.2, -0.15) is 5.10 Å². The van der Waals surface area contributed by atoms with Crippen molar-refractivity contribution in [2.75, 3.05) is 26.9 Å². The van der Waals surface area contributed by atoms with Crippen molar-refractivity contribution in [1.82, 2.24) is 15.1 Å². The molecular weight excluding hydrogens is 294 g/mol. The summed E-state index contributed by atoms with van der Waals surface area (Å²) in [6.07, 6.45) is 0. The number of benzene rings is 1. The van der Waals surface area contributed by atoms with E-state index in [9.17, 15) is 4.79 Å². The number of hydrogen-bond acceptors (Lipinski definition) is 4. The van der Waals surface area contributed by atoms with Gasteiger partial charge in [0.25, 0.3) is 5.91 Å². The molecule has 6 nitrogen and oxygen atoms in total. The Morgan fingerprint density at radius 3 is 2.87 bits per heavy atom. The summed E-state index contributed by atoms with van der Waals surface area (Å²) in [7, 11) is 1.58. The van der Waals surface area contributed by atoms with E-state index in [0.29, 0.717) is 31.1 Å². The molecular formula is C17H21N3O3. The van der Waals surface area contributed by atoms with Crippen LogP contribution in [0.4, 0.5) is 0 Å². The molecule has 2 heterocycles. The number of nitrogens with zero attached hydrogens (tertiary/aromatic N) is 2. The summed E-state index contributed by atoms with van der Waals surface area (Å²) in [6.45, 7) is 5.47. The molecule has 0 bridgehead atoms. The molecule has 0 radical (unpaired) electrons. The lowest BCUT2D eigenvalue weighted by Crippen LogP contribution is -2.43. The molecule has 0 saturated carbocycles. The Labute approximate surface area is 135 Å². The minimum Gasteiger partial charge on any atom is -0.496 e. The number of hydrogen-bond donors (Lipinski definition) is 1. The van der Waals surface area contributed by atoms with Crippen LogP contribution in [0.3, 0.4) is 0 Å². The highest BCUT2D eigenvalue weighted by Gasteiger charge is 2.33. The van der Waals surface area contributed by atoms with Crippen LogP contribution >= 0.6 is 0 Å². The molecule has 1 N–H and O–H groups in total. The van der Waals surface area contributed by atoms with Crippen LogP contribution in [-0.4, -0.2) is 47.9 Å². The molecule has 1 saturated heterocycles. The zero-order chi connectivity index (χ0) is 16.4. The largest absolute Gasteiger partial charge is 0.496 e. The maximum Gasteiger partial charge on any atom is 0.258 e. The SMILES string of the molecule is COc1ccccc1C(=O)N1CCOC[C@H]1c1c(C)n[nH]c1C. The van der Waals surface area contributed by atoms with Crippen LogP contribution in [0.5, 0.6) is 5.75 Å². The molecule has 0 spiro atoms. The van der Waals surface area contributed by atoms with Crippen molar-refractivity contribution in [3.63, 3.8) is 0 Å². The number of H-pyrrole nitrogens is 1. The number of carbonyl (C=O) groups is 1. The second kappa shape index (κ2) is 6.42. The van der Waals surface area contributed by atoms with Crippen molar-refractivity contribution in [3.05, 3.63) is 46.8 Å². The van der Waals surface area contributed by atoms with Crippen LogP contribution < -0.4 is 4.74 Å². The molecule has 0 aliphatic carbocycles. The Morgan fingerprint density at radius 2 is 2.17 bits per heavy atom. The number of methoxy groups -OCH3 is 1. The fraction of sp³-hybridized carbons (Fsp3) is 0.412. The molecule has 23 heavy (non-hydrogen) atoms. The van der Waals surface area contributed by atoms with Crippen molar-refractivity contribution >= 4 is 5.91 Å². The number of amides is 1. The Balaban J connectivity index is 1.97. The Kier molecular flexibility index (Phi) is 4.34. The van der Waals surface area contributed by atoms with E-state index in [-0.39, 0.29) is 11.9 Å².